The van der Waals surface area contributed by atoms with Crippen LogP contribution in [0, 0.1) is 7.43 Å². The zero-order chi connectivity index (χ0) is 97.5. The number of pyridine rings is 4. The van der Waals surface area contributed by atoms with Gasteiger partial charge in [0.25, 0.3) is 23.3 Å². The van der Waals surface area contributed by atoms with E-state index in [1.54, 1.807) is 98.9 Å². The van der Waals surface area contributed by atoms with Crippen LogP contribution in [0.3, 0.4) is 0 Å². The molecular weight excluding hydrogens is 1990 g/mol. The number of imidazole rings is 4. The second kappa shape index (κ2) is 43.7. The largest absolute Gasteiger partial charge is 0.398 e. The van der Waals surface area contributed by atoms with E-state index in [0.717, 1.165) is 74.9 Å². The molecule has 0 aliphatic heterocycles. The Balaban J connectivity index is 0.000000150. The SMILES string of the molecule is C.C.C=C(C)c1cc(N)c(C(=O)Nc2cccc(-c3nncn3C(C)C)n2)cc1-n1cnc(C2CC2)c1.CC(C)c1cc(N)c(C(=O)Nc2cccc(-c3nncn3C(C)C)n2)cc1-n1cnc(C2CC2)c1.CC(C)c1cc2ncn(-c3cccc(-c4nncn4C(C)C)n3)c(=O)c2cc1-n1cnc(C2CC2)c1.CC(C)n1cnnc1-c1cccc(NC(=O)c2cc(-n3cnc(C4CC4)c3)c(Cl)cc2N)n1.[CH3-].[W]. The smallest absolute Gasteiger partial charge is 0.267 e. The summed E-state index contributed by atoms with van der Waals surface area (Å²) in [5.41, 5.74) is 35.4. The Kier molecular flexibility index (Phi) is 31.6. The van der Waals surface area contributed by atoms with E-state index < -0.39 is 0 Å². The normalized spacial score (nSPS) is 13.1. The van der Waals surface area contributed by atoms with Crippen molar-refractivity contribution in [3.05, 3.63) is 289 Å². The van der Waals surface area contributed by atoms with Crippen molar-refractivity contribution in [1.29, 1.82) is 0 Å². The Hall–Kier alpha value is -15.5. The van der Waals surface area contributed by atoms with Gasteiger partial charge in [-0.1, -0.05) is 85.0 Å². The van der Waals surface area contributed by atoms with Crippen molar-refractivity contribution in [2.45, 2.75) is 216 Å². The number of nitrogens with two attached hydrogens (primary N) is 3. The molecule has 0 bridgehead atoms. The van der Waals surface area contributed by atoms with E-state index in [9.17, 15) is 19.2 Å². The third-order valence-electron chi connectivity index (χ3n) is 24.7. The number of hydrogen-bond acceptors (Lipinski definition) is 24. The fourth-order valence-electron chi connectivity index (χ4n) is 16.4. The average Bonchev–Trinajstić information content (AvgIpc) is 1.47. The van der Waals surface area contributed by atoms with Crippen molar-refractivity contribution < 1.29 is 35.4 Å². The minimum atomic E-state index is -0.386. The van der Waals surface area contributed by atoms with Gasteiger partial charge in [-0.05, 0) is 239 Å². The van der Waals surface area contributed by atoms with Crippen LogP contribution in [-0.4, -0.2) is 144 Å². The van der Waals surface area contributed by atoms with E-state index in [1.807, 2.05) is 177 Å². The maximum Gasteiger partial charge on any atom is 0.267 e. The molecule has 21 rings (SSSR count). The Bertz CT molecular complexity index is 7550. The summed E-state index contributed by atoms with van der Waals surface area (Å²) in [6.07, 6.45) is 32.9. The van der Waals surface area contributed by atoms with Crippen molar-refractivity contribution in [1.82, 2.24) is 127 Å². The third-order valence-corrected chi connectivity index (χ3v) is 25.0. The number of anilines is 6. The molecule has 4 aliphatic rings. The minimum absolute atomic E-state index is 0. The first-order valence-corrected chi connectivity index (χ1v) is 47.1. The fourth-order valence-corrected chi connectivity index (χ4v) is 16.7. The van der Waals surface area contributed by atoms with Crippen molar-refractivity contribution in [2.75, 3.05) is 33.2 Å². The number of carbonyl (C=O) groups excluding carboxylic acids is 3. The fraction of sp³-hybridized carbons (Fsp3) is 0.314. The summed E-state index contributed by atoms with van der Waals surface area (Å²) >= 11 is 6.44. The average molecular weight is 2110 g/mol. The third kappa shape index (κ3) is 22.8. The summed E-state index contributed by atoms with van der Waals surface area (Å²) in [7, 11) is 0. The molecule has 13 aromatic heterocycles. The van der Waals surface area contributed by atoms with E-state index in [-0.39, 0.29) is 108 Å². The number of aromatic nitrogens is 26. The number of halogens is 1. The van der Waals surface area contributed by atoms with Gasteiger partial charge in [0.1, 0.15) is 77.7 Å². The monoisotopic (exact) mass is 2110 g/mol. The first kappa shape index (κ1) is 103. The van der Waals surface area contributed by atoms with Crippen LogP contribution in [-0.2, 0) is 21.1 Å². The molecule has 4 aliphatic carbocycles. The molecule has 0 saturated heterocycles. The van der Waals surface area contributed by atoms with Gasteiger partial charge in [0.05, 0.1) is 103 Å². The van der Waals surface area contributed by atoms with Crippen LogP contribution in [0.15, 0.2) is 214 Å². The number of hydrogen-bond donors (Lipinski definition) is 6. The second-order valence-electron chi connectivity index (χ2n) is 37.3. The summed E-state index contributed by atoms with van der Waals surface area (Å²) in [4.78, 5) is 94.7. The van der Waals surface area contributed by atoms with E-state index in [2.05, 4.69) is 157 Å². The van der Waals surface area contributed by atoms with Crippen LogP contribution in [0.4, 0.5) is 34.5 Å². The van der Waals surface area contributed by atoms with Crippen molar-refractivity contribution in [2.24, 2.45) is 0 Å². The van der Waals surface area contributed by atoms with Crippen molar-refractivity contribution in [3.8, 4) is 74.6 Å². The van der Waals surface area contributed by atoms with Gasteiger partial charge in [-0.15, -0.1) is 40.8 Å². The molecule has 13 heterocycles. The maximum absolute atomic E-state index is 13.7. The number of nitrogens with one attached hydrogen (secondary N) is 3. The number of rotatable bonds is 26. The minimum Gasteiger partial charge on any atom is -0.398 e. The molecule has 9 N–H and O–H groups in total. The molecule has 738 valence electrons. The maximum atomic E-state index is 13.7. The summed E-state index contributed by atoms with van der Waals surface area (Å²) in [6, 6.07) is 36.9. The van der Waals surface area contributed by atoms with Crippen molar-refractivity contribution >= 4 is 80.3 Å². The molecular formula is C105H120ClN32O4W-. The molecule has 0 spiro atoms. The molecule has 143 heavy (non-hydrogen) atoms. The van der Waals surface area contributed by atoms with E-state index >= 15 is 0 Å². The summed E-state index contributed by atoms with van der Waals surface area (Å²) < 4.78 is 17.0. The van der Waals surface area contributed by atoms with E-state index in [1.165, 1.54) is 43.1 Å². The summed E-state index contributed by atoms with van der Waals surface area (Å²) in [5, 5.41) is 42.4. The molecule has 0 unspecified atom stereocenters. The Morgan fingerprint density at radius 2 is 0.713 bits per heavy atom. The zero-order valence-corrected chi connectivity index (χ0v) is 84.7. The number of benzene rings is 4. The number of allylic oxidation sites excluding steroid dienone is 1. The summed E-state index contributed by atoms with van der Waals surface area (Å²) in [5.74, 6) is 5.83. The molecule has 17 aromatic rings. The van der Waals surface area contributed by atoms with Crippen LogP contribution >= 0.6 is 11.6 Å². The van der Waals surface area contributed by atoms with Gasteiger partial charge in [0.15, 0.2) is 23.3 Å². The number of nitrogen functional groups attached to an aromatic ring is 3. The molecule has 4 saturated carbocycles. The Morgan fingerprint density at radius 3 is 1.08 bits per heavy atom. The zero-order valence-electron chi connectivity index (χ0n) is 81.0. The second-order valence-corrected chi connectivity index (χ2v) is 37.7. The van der Waals surface area contributed by atoms with Crippen LogP contribution < -0.4 is 38.7 Å². The van der Waals surface area contributed by atoms with E-state index in [4.69, 9.17) is 33.8 Å². The van der Waals surface area contributed by atoms with Gasteiger partial charge in [-0.25, -0.2) is 44.9 Å². The molecule has 38 heteroatoms. The molecule has 4 aromatic carbocycles. The molecule has 36 nitrogen and oxygen atoms in total. The van der Waals surface area contributed by atoms with Gasteiger partial charge >= 0.3 is 0 Å². The van der Waals surface area contributed by atoms with Gasteiger partial charge in [0, 0.05) is 116 Å². The van der Waals surface area contributed by atoms with Gasteiger partial charge < -0.3 is 77.1 Å². The Labute approximate surface area is 849 Å². The topological polar surface area (TPSA) is 446 Å². The van der Waals surface area contributed by atoms with Gasteiger partial charge in [-0.3, -0.25) is 23.7 Å². The number of amides is 3. The van der Waals surface area contributed by atoms with Crippen LogP contribution in [0.5, 0.6) is 0 Å². The summed E-state index contributed by atoms with van der Waals surface area (Å²) in [6.45, 7) is 30.9. The quantitative estimate of drug-likeness (QED) is 0.0217. The van der Waals surface area contributed by atoms with Crippen LogP contribution in [0.2, 0.25) is 5.02 Å². The molecule has 0 radical (unpaired) electrons. The molecule has 4 fully saturated rings. The van der Waals surface area contributed by atoms with Gasteiger partial charge in [0.2, 0.25) is 0 Å². The predicted octanol–water partition coefficient (Wildman–Crippen LogP) is 20.8. The van der Waals surface area contributed by atoms with E-state index in [0.29, 0.717) is 143 Å². The number of fused-ring (bicyclic) bond motifs is 1. The van der Waals surface area contributed by atoms with Crippen molar-refractivity contribution in [3.63, 3.8) is 0 Å². The standard InChI is InChI=1S/C27H28N8O.C26H30N8O.C26H28N8O.C23H23ClN8O.2CH4.CH3.W/c1-16(2)19-10-22-20(11-24(19)33-12-23(28-13-33)18-8-9-18)27(36)35(14-29-22)25-7-5-6-21(31-25)26-32-30-15-34(26)17(3)4;2*1-15(2)18-10-20(27)19(11-23(18)33-12-22(28-13-33)17-8-9-17)26(35)31-24-7-5-6-21(30-24)25-32-29-14-34(25)16(3)4;1-13(2)32-12-27-30-22(32)18-4-3-5-21(28-18)29-23(33)15-8-20(16(24)9-17(15)25)31-10-19(26-11-31)14-6-7-14;;;;/h5-7,10-18H,8-9H2,1-4H3;5-7,10-17H,8-9,27H2,1-4H3,(H,30,31,35);5-7,10-14,16-17H,1,8-9,27H2,2-4H3,(H,30,31,35);3-5,8-14H,6-7,25H2,1-2H3,(H,28,29,33);2*1H4;1H3;/q;;;;;;-1;. The molecule has 0 atom stereocenters. The Morgan fingerprint density at radius 1 is 0.392 bits per heavy atom. The van der Waals surface area contributed by atoms with Crippen LogP contribution in [0.25, 0.3) is 91.1 Å². The first-order chi connectivity index (χ1) is 66.9. The predicted molar refractivity (Wildman–Crippen MR) is 556 cm³/mol. The van der Waals surface area contributed by atoms with Crippen LogP contribution in [0.1, 0.15) is 286 Å². The number of carbonyl (C=O) groups is 3. The molecule has 3 amide bonds. The number of nitrogens with zero attached hydrogens (tertiary/aromatic N) is 26. The van der Waals surface area contributed by atoms with Gasteiger partial charge in [-0.2, -0.15) is 0 Å². The first-order valence-electron chi connectivity index (χ1n) is 46.7.